The summed E-state index contributed by atoms with van der Waals surface area (Å²) in [5.41, 5.74) is 3.33. The van der Waals surface area contributed by atoms with Crippen molar-refractivity contribution < 1.29 is 9.59 Å². The number of rotatable bonds is 2. The van der Waals surface area contributed by atoms with Crippen LogP contribution >= 0.6 is 0 Å². The van der Waals surface area contributed by atoms with Crippen LogP contribution in [0.5, 0.6) is 0 Å². The molecule has 5 rings (SSSR count). The van der Waals surface area contributed by atoms with Crippen molar-refractivity contribution in [3.63, 3.8) is 0 Å². The van der Waals surface area contributed by atoms with Crippen LogP contribution in [0.3, 0.4) is 0 Å². The highest BCUT2D eigenvalue weighted by molar-refractivity contribution is 5.98. The Balaban J connectivity index is 1.24. The minimum Gasteiger partial charge on any atom is -0.361 e. The molecule has 3 aromatic rings. The molecule has 2 amide bonds. The number of benzene rings is 1. The van der Waals surface area contributed by atoms with Gasteiger partial charge < -0.3 is 14.8 Å². The highest BCUT2D eigenvalue weighted by Gasteiger charge is 2.27. The monoisotopic (exact) mass is 377 g/mol. The standard InChI is InChI=1S/C21H23N5O2/c27-20(16-5-4-15-6-7-22-18(15)13-16)24-9-11-25(12-10-24)21(28)19-14-17-3-1-2-8-26(17)23-19/h4-7,13-14,22H,1-3,8-12H2. The Morgan fingerprint density at radius 2 is 1.68 bits per heavy atom. The summed E-state index contributed by atoms with van der Waals surface area (Å²) >= 11 is 0. The lowest BCUT2D eigenvalue weighted by atomic mass is 10.1. The van der Waals surface area contributed by atoms with E-state index in [1.807, 2.05) is 51.0 Å². The largest absolute Gasteiger partial charge is 0.361 e. The third-order valence-electron chi connectivity index (χ3n) is 5.79. The van der Waals surface area contributed by atoms with Gasteiger partial charge in [0.05, 0.1) is 0 Å². The Bertz CT molecular complexity index is 1020. The van der Waals surface area contributed by atoms with E-state index in [0.717, 1.165) is 42.4 Å². The number of nitrogens with one attached hydrogen (secondary N) is 1. The second-order valence-electron chi connectivity index (χ2n) is 7.57. The Hall–Kier alpha value is -3.09. The predicted octanol–water partition coefficient (Wildman–Crippen LogP) is 2.30. The fourth-order valence-corrected chi connectivity index (χ4v) is 4.16. The molecule has 0 bridgehead atoms. The zero-order chi connectivity index (χ0) is 19.1. The lowest BCUT2D eigenvalue weighted by molar-refractivity contribution is 0.0532. The summed E-state index contributed by atoms with van der Waals surface area (Å²) in [6, 6.07) is 9.64. The maximum absolute atomic E-state index is 12.8. The van der Waals surface area contributed by atoms with Gasteiger partial charge in [0, 0.05) is 55.7 Å². The van der Waals surface area contributed by atoms with Gasteiger partial charge in [-0.3, -0.25) is 14.3 Å². The fourth-order valence-electron chi connectivity index (χ4n) is 4.16. The molecule has 7 heteroatoms. The van der Waals surface area contributed by atoms with Gasteiger partial charge in [-0.2, -0.15) is 5.10 Å². The smallest absolute Gasteiger partial charge is 0.274 e. The van der Waals surface area contributed by atoms with Gasteiger partial charge in [0.1, 0.15) is 0 Å². The van der Waals surface area contributed by atoms with Crippen molar-refractivity contribution in [2.24, 2.45) is 0 Å². The van der Waals surface area contributed by atoms with E-state index in [1.54, 1.807) is 0 Å². The van der Waals surface area contributed by atoms with E-state index >= 15 is 0 Å². The number of H-pyrrole nitrogens is 1. The number of hydrogen-bond donors (Lipinski definition) is 1. The lowest BCUT2D eigenvalue weighted by Gasteiger charge is -2.34. The molecule has 4 heterocycles. The average molecular weight is 377 g/mol. The molecule has 144 valence electrons. The van der Waals surface area contributed by atoms with Crippen molar-refractivity contribution in [1.82, 2.24) is 24.6 Å². The molecule has 1 N–H and O–H groups in total. The predicted molar refractivity (Wildman–Crippen MR) is 105 cm³/mol. The van der Waals surface area contributed by atoms with Crippen molar-refractivity contribution in [2.45, 2.75) is 25.8 Å². The molecule has 1 fully saturated rings. The van der Waals surface area contributed by atoms with Gasteiger partial charge >= 0.3 is 0 Å². The summed E-state index contributed by atoms with van der Waals surface area (Å²) < 4.78 is 1.97. The number of carbonyl (C=O) groups is 2. The van der Waals surface area contributed by atoms with E-state index in [1.165, 1.54) is 0 Å². The van der Waals surface area contributed by atoms with Gasteiger partial charge in [0.2, 0.25) is 0 Å². The molecular weight excluding hydrogens is 354 g/mol. The molecule has 2 aliphatic heterocycles. The first kappa shape index (κ1) is 17.0. The molecule has 1 aromatic carbocycles. The molecule has 0 radical (unpaired) electrons. The number of aromatic amines is 1. The van der Waals surface area contributed by atoms with Crippen LogP contribution in [-0.4, -0.2) is 62.6 Å². The maximum atomic E-state index is 12.8. The van der Waals surface area contributed by atoms with Gasteiger partial charge in [-0.25, -0.2) is 0 Å². The van der Waals surface area contributed by atoms with Gasteiger partial charge in [-0.1, -0.05) is 6.07 Å². The molecule has 0 spiro atoms. The van der Waals surface area contributed by atoms with Crippen molar-refractivity contribution in [3.05, 3.63) is 53.5 Å². The summed E-state index contributed by atoms with van der Waals surface area (Å²) in [5.74, 6) is -0.0112. The third-order valence-corrected chi connectivity index (χ3v) is 5.79. The van der Waals surface area contributed by atoms with Crippen LogP contribution in [-0.2, 0) is 13.0 Å². The molecular formula is C21H23N5O2. The van der Waals surface area contributed by atoms with Crippen molar-refractivity contribution >= 4 is 22.7 Å². The first-order chi connectivity index (χ1) is 13.7. The average Bonchev–Trinajstić information content (AvgIpc) is 3.39. The van der Waals surface area contributed by atoms with E-state index in [-0.39, 0.29) is 11.8 Å². The minimum absolute atomic E-state index is 0.0149. The molecule has 2 aliphatic rings. The number of carbonyl (C=O) groups excluding carboxylic acids is 2. The molecule has 0 atom stereocenters. The van der Waals surface area contributed by atoms with Gasteiger partial charge in [0.15, 0.2) is 5.69 Å². The normalized spacial score (nSPS) is 17.0. The lowest BCUT2D eigenvalue weighted by Crippen LogP contribution is -2.50. The van der Waals surface area contributed by atoms with Crippen LogP contribution in [0.15, 0.2) is 36.5 Å². The number of aromatic nitrogens is 3. The van der Waals surface area contributed by atoms with Crippen LogP contribution < -0.4 is 0 Å². The fraction of sp³-hybridized carbons (Fsp3) is 0.381. The van der Waals surface area contributed by atoms with E-state index in [9.17, 15) is 9.59 Å². The third kappa shape index (κ3) is 2.96. The molecule has 28 heavy (non-hydrogen) atoms. The van der Waals surface area contributed by atoms with Gasteiger partial charge in [-0.05, 0) is 48.9 Å². The maximum Gasteiger partial charge on any atom is 0.274 e. The van der Waals surface area contributed by atoms with E-state index in [0.29, 0.717) is 37.4 Å². The summed E-state index contributed by atoms with van der Waals surface area (Å²) in [6.07, 6.45) is 5.15. The van der Waals surface area contributed by atoms with E-state index < -0.39 is 0 Å². The number of hydrogen-bond acceptors (Lipinski definition) is 3. The molecule has 0 aliphatic carbocycles. The number of amides is 2. The summed E-state index contributed by atoms with van der Waals surface area (Å²) in [4.78, 5) is 32.4. The van der Waals surface area contributed by atoms with Gasteiger partial charge in [-0.15, -0.1) is 0 Å². The van der Waals surface area contributed by atoms with E-state index in [4.69, 9.17) is 0 Å². The first-order valence-corrected chi connectivity index (χ1v) is 9.91. The van der Waals surface area contributed by atoms with Crippen molar-refractivity contribution in [3.8, 4) is 0 Å². The Labute approximate surface area is 162 Å². The molecule has 2 aromatic heterocycles. The second kappa shape index (κ2) is 6.82. The zero-order valence-corrected chi connectivity index (χ0v) is 15.7. The Morgan fingerprint density at radius 1 is 0.893 bits per heavy atom. The molecule has 7 nitrogen and oxygen atoms in total. The van der Waals surface area contributed by atoms with Crippen LogP contribution in [0.4, 0.5) is 0 Å². The van der Waals surface area contributed by atoms with Crippen LogP contribution in [0.1, 0.15) is 39.4 Å². The highest BCUT2D eigenvalue weighted by Crippen LogP contribution is 2.19. The number of piperazine rings is 1. The number of fused-ring (bicyclic) bond motifs is 2. The second-order valence-corrected chi connectivity index (χ2v) is 7.57. The Morgan fingerprint density at radius 3 is 2.46 bits per heavy atom. The minimum atomic E-state index is -0.0261. The number of aryl methyl sites for hydroxylation is 2. The summed E-state index contributed by atoms with van der Waals surface area (Å²) in [6.45, 7) is 3.06. The molecule has 0 saturated carbocycles. The summed E-state index contributed by atoms with van der Waals surface area (Å²) in [7, 11) is 0. The molecule has 1 saturated heterocycles. The highest BCUT2D eigenvalue weighted by atomic mass is 16.2. The Kier molecular flexibility index (Phi) is 4.15. The SMILES string of the molecule is O=C(c1ccc2cc[nH]c2c1)N1CCN(C(=O)c2cc3n(n2)CCCC3)CC1. The first-order valence-electron chi connectivity index (χ1n) is 9.91. The molecule has 0 unspecified atom stereocenters. The topological polar surface area (TPSA) is 74.2 Å². The van der Waals surface area contributed by atoms with Crippen LogP contribution in [0.2, 0.25) is 0 Å². The van der Waals surface area contributed by atoms with E-state index in [2.05, 4.69) is 10.1 Å². The quantitative estimate of drug-likeness (QED) is 0.745. The van der Waals surface area contributed by atoms with Crippen LogP contribution in [0, 0.1) is 0 Å². The van der Waals surface area contributed by atoms with Crippen molar-refractivity contribution in [1.29, 1.82) is 0 Å². The number of nitrogens with zero attached hydrogens (tertiary/aromatic N) is 4. The van der Waals surface area contributed by atoms with Gasteiger partial charge in [0.25, 0.3) is 11.8 Å². The summed E-state index contributed by atoms with van der Waals surface area (Å²) in [5, 5.41) is 5.59. The zero-order valence-electron chi connectivity index (χ0n) is 15.7. The van der Waals surface area contributed by atoms with Crippen LogP contribution in [0.25, 0.3) is 10.9 Å². The van der Waals surface area contributed by atoms with Crippen molar-refractivity contribution in [2.75, 3.05) is 26.2 Å².